The summed E-state index contributed by atoms with van der Waals surface area (Å²) in [5.41, 5.74) is 0. The van der Waals surface area contributed by atoms with Crippen molar-refractivity contribution >= 4 is 23.5 Å². The highest BCUT2D eigenvalue weighted by molar-refractivity contribution is 8.00. The topological polar surface area (TPSA) is 70.2 Å². The average Bonchev–Trinajstić information content (AvgIpc) is 3.15. The van der Waals surface area contributed by atoms with Crippen LogP contribution in [0.1, 0.15) is 33.1 Å². The summed E-state index contributed by atoms with van der Waals surface area (Å²) in [7, 11) is 0. The van der Waals surface area contributed by atoms with Gasteiger partial charge < -0.3 is 10.6 Å². The summed E-state index contributed by atoms with van der Waals surface area (Å²) in [5, 5.41) is 9.21. The molecule has 0 aromatic rings. The monoisotopic (exact) mass is 299 g/mol. The molecule has 0 bridgehead atoms. The van der Waals surface area contributed by atoms with Crippen LogP contribution < -0.4 is 16.0 Å². The van der Waals surface area contributed by atoms with Crippen LogP contribution >= 0.6 is 11.8 Å². The molecule has 2 aliphatic heterocycles. The van der Waals surface area contributed by atoms with E-state index in [-0.39, 0.29) is 35.1 Å². The molecule has 0 aromatic carbocycles. The van der Waals surface area contributed by atoms with Gasteiger partial charge in [-0.15, -0.1) is 11.8 Å². The van der Waals surface area contributed by atoms with Gasteiger partial charge in [-0.25, -0.2) is 0 Å². The van der Waals surface area contributed by atoms with E-state index < -0.39 is 0 Å². The smallest absolute Gasteiger partial charge is 0.237 e. The first-order valence-corrected chi connectivity index (χ1v) is 8.60. The second-order valence-electron chi connectivity index (χ2n) is 5.63. The third-order valence-corrected chi connectivity index (χ3v) is 5.34. The van der Waals surface area contributed by atoms with Crippen LogP contribution in [0.4, 0.5) is 0 Å². The normalized spacial score (nSPS) is 29.1. The number of carbonyl (C=O) groups is 2. The highest BCUT2D eigenvalue weighted by atomic mass is 32.2. The molecule has 0 spiro atoms. The number of hydrogen-bond donors (Lipinski definition) is 3. The molecule has 0 saturated carbocycles. The van der Waals surface area contributed by atoms with Gasteiger partial charge in [-0.2, -0.15) is 0 Å². The van der Waals surface area contributed by atoms with Crippen LogP contribution in [0.3, 0.4) is 0 Å². The fourth-order valence-corrected chi connectivity index (χ4v) is 3.68. The minimum Gasteiger partial charge on any atom is -0.345 e. The van der Waals surface area contributed by atoms with Crippen molar-refractivity contribution in [1.82, 2.24) is 16.0 Å². The van der Waals surface area contributed by atoms with E-state index in [0.29, 0.717) is 0 Å². The molecule has 4 atom stereocenters. The summed E-state index contributed by atoms with van der Waals surface area (Å²) in [6.07, 6.45) is 2.77. The molecule has 1 amide bonds. The molecule has 20 heavy (non-hydrogen) atoms. The maximum absolute atomic E-state index is 12.6. The highest BCUT2D eigenvalue weighted by Crippen LogP contribution is 2.20. The van der Waals surface area contributed by atoms with Gasteiger partial charge in [0.15, 0.2) is 5.78 Å². The molecule has 6 heteroatoms. The lowest BCUT2D eigenvalue weighted by Gasteiger charge is -2.26. The summed E-state index contributed by atoms with van der Waals surface area (Å²) >= 11 is 1.64. The Bertz CT molecular complexity index is 352. The number of carbonyl (C=O) groups excluding carboxylic acids is 2. The molecule has 2 rings (SSSR count). The second-order valence-corrected chi connectivity index (χ2v) is 6.84. The third kappa shape index (κ3) is 3.74. The molecule has 0 aromatic heterocycles. The van der Waals surface area contributed by atoms with E-state index in [4.69, 9.17) is 0 Å². The number of hydrogen-bond acceptors (Lipinski definition) is 5. The summed E-state index contributed by atoms with van der Waals surface area (Å²) in [6, 6.07) is -0.503. The van der Waals surface area contributed by atoms with Gasteiger partial charge >= 0.3 is 0 Å². The zero-order chi connectivity index (χ0) is 14.5. The molecule has 0 aliphatic carbocycles. The third-order valence-electron chi connectivity index (χ3n) is 4.17. The molecular formula is C14H25N3O2S. The Labute approximate surface area is 125 Å². The summed E-state index contributed by atoms with van der Waals surface area (Å²) in [4.78, 5) is 24.8. The van der Waals surface area contributed by atoms with Crippen molar-refractivity contribution in [3.05, 3.63) is 0 Å². The maximum atomic E-state index is 12.6. The van der Waals surface area contributed by atoms with Crippen molar-refractivity contribution in [2.24, 2.45) is 5.92 Å². The molecule has 0 radical (unpaired) electrons. The van der Waals surface area contributed by atoms with Crippen LogP contribution in [-0.2, 0) is 9.59 Å². The molecule has 3 N–H and O–H groups in total. The standard InChI is InChI=1S/C14H25N3O2S/c1-3-9(2)11(12(18)14-16-7-8-20-14)17-13(19)10-5-4-6-15-10/h9-11,14-16H,3-8H2,1-2H3,(H,17,19). The first-order valence-electron chi connectivity index (χ1n) is 7.56. The lowest BCUT2D eigenvalue weighted by Crippen LogP contribution is -2.54. The van der Waals surface area contributed by atoms with E-state index in [9.17, 15) is 9.59 Å². The minimum atomic E-state index is -0.377. The van der Waals surface area contributed by atoms with Gasteiger partial charge in [0.25, 0.3) is 0 Å². The average molecular weight is 299 g/mol. The molecule has 2 heterocycles. The maximum Gasteiger partial charge on any atom is 0.237 e. The van der Waals surface area contributed by atoms with E-state index in [0.717, 1.165) is 38.1 Å². The van der Waals surface area contributed by atoms with E-state index in [1.807, 2.05) is 6.92 Å². The van der Waals surface area contributed by atoms with Crippen molar-refractivity contribution in [3.63, 3.8) is 0 Å². The van der Waals surface area contributed by atoms with Crippen molar-refractivity contribution in [1.29, 1.82) is 0 Å². The highest BCUT2D eigenvalue weighted by Gasteiger charge is 2.35. The Morgan fingerprint density at radius 1 is 1.35 bits per heavy atom. The van der Waals surface area contributed by atoms with E-state index in [1.165, 1.54) is 0 Å². The number of ketones is 1. The molecule has 5 nitrogen and oxygen atoms in total. The number of amides is 1. The molecular weight excluding hydrogens is 274 g/mol. The zero-order valence-electron chi connectivity index (χ0n) is 12.3. The van der Waals surface area contributed by atoms with Crippen molar-refractivity contribution in [2.45, 2.75) is 50.6 Å². The quantitative estimate of drug-likeness (QED) is 0.666. The molecule has 2 fully saturated rings. The van der Waals surface area contributed by atoms with Crippen LogP contribution in [-0.4, -0.2) is 48.0 Å². The number of thioether (sulfide) groups is 1. The summed E-state index contributed by atoms with van der Waals surface area (Å²) < 4.78 is 0. The van der Waals surface area contributed by atoms with Gasteiger partial charge in [-0.1, -0.05) is 20.3 Å². The number of rotatable bonds is 6. The first kappa shape index (κ1) is 15.8. The van der Waals surface area contributed by atoms with Crippen LogP contribution in [0, 0.1) is 5.92 Å². The Hall–Kier alpha value is -0.590. The summed E-state index contributed by atoms with van der Waals surface area (Å²) in [5.74, 6) is 1.22. The molecule has 2 aliphatic rings. The molecule has 4 unspecified atom stereocenters. The van der Waals surface area contributed by atoms with E-state index in [2.05, 4.69) is 22.9 Å². The Morgan fingerprint density at radius 2 is 2.15 bits per heavy atom. The Morgan fingerprint density at radius 3 is 2.70 bits per heavy atom. The van der Waals surface area contributed by atoms with Crippen molar-refractivity contribution in [2.75, 3.05) is 18.8 Å². The Balaban J connectivity index is 1.98. The minimum absolute atomic E-state index is 0.0239. The predicted octanol–water partition coefficient (Wildman–Crippen LogP) is 0.501. The van der Waals surface area contributed by atoms with Crippen LogP contribution in [0.25, 0.3) is 0 Å². The lowest BCUT2D eigenvalue weighted by atomic mass is 9.94. The van der Waals surface area contributed by atoms with Crippen molar-refractivity contribution in [3.8, 4) is 0 Å². The van der Waals surface area contributed by atoms with Crippen LogP contribution in [0.15, 0.2) is 0 Å². The number of Topliss-reactive ketones (excluding diaryl/α,β-unsaturated/α-hetero) is 1. The first-order chi connectivity index (χ1) is 9.63. The van der Waals surface area contributed by atoms with Gasteiger partial charge in [-0.3, -0.25) is 14.9 Å². The van der Waals surface area contributed by atoms with Gasteiger partial charge in [0.1, 0.15) is 5.37 Å². The lowest BCUT2D eigenvalue weighted by molar-refractivity contribution is -0.129. The van der Waals surface area contributed by atoms with Crippen LogP contribution in [0.5, 0.6) is 0 Å². The fourth-order valence-electron chi connectivity index (χ4n) is 2.66. The molecule has 2 saturated heterocycles. The van der Waals surface area contributed by atoms with Crippen LogP contribution in [0.2, 0.25) is 0 Å². The predicted molar refractivity (Wildman–Crippen MR) is 81.7 cm³/mol. The summed E-state index contributed by atoms with van der Waals surface area (Å²) in [6.45, 7) is 5.84. The zero-order valence-corrected chi connectivity index (χ0v) is 13.1. The van der Waals surface area contributed by atoms with Gasteiger partial charge in [0.05, 0.1) is 12.1 Å². The van der Waals surface area contributed by atoms with Gasteiger partial charge in [0.2, 0.25) is 5.91 Å². The van der Waals surface area contributed by atoms with Gasteiger partial charge in [0, 0.05) is 12.3 Å². The van der Waals surface area contributed by atoms with Crippen molar-refractivity contribution < 1.29 is 9.59 Å². The molecule has 114 valence electrons. The second kappa shape index (κ2) is 7.43. The Kier molecular flexibility index (Phi) is 5.86. The SMILES string of the molecule is CCC(C)C(NC(=O)C1CCCN1)C(=O)C1NCCS1. The van der Waals surface area contributed by atoms with E-state index in [1.54, 1.807) is 11.8 Å². The van der Waals surface area contributed by atoms with Gasteiger partial charge in [-0.05, 0) is 25.3 Å². The largest absolute Gasteiger partial charge is 0.345 e. The van der Waals surface area contributed by atoms with E-state index >= 15 is 0 Å². The fraction of sp³-hybridized carbons (Fsp3) is 0.857. The number of nitrogens with one attached hydrogen (secondary N) is 3.